The quantitative estimate of drug-likeness (QED) is 0.0386. The maximum absolute atomic E-state index is 16.7. The van der Waals surface area contributed by atoms with Crippen LogP contribution < -0.4 is 5.73 Å². The van der Waals surface area contributed by atoms with Crippen LogP contribution in [0.1, 0.15) is 391 Å². The maximum atomic E-state index is 16.7. The summed E-state index contributed by atoms with van der Waals surface area (Å²) in [5.41, 5.74) is 17.7. The Labute approximate surface area is 668 Å². The van der Waals surface area contributed by atoms with Crippen molar-refractivity contribution in [3.63, 3.8) is 0 Å². The second-order valence-electron chi connectivity index (χ2n) is 34.5. The zero-order valence-corrected chi connectivity index (χ0v) is 73.1. The molecule has 5 aromatic heterocycles. The molecule has 0 saturated carbocycles. The smallest absolute Gasteiger partial charge is 0.261 e. The highest BCUT2D eigenvalue weighted by Gasteiger charge is 2.50. The Hall–Kier alpha value is -4.58. The zero-order chi connectivity index (χ0) is 76.3. The van der Waals surface area contributed by atoms with Crippen molar-refractivity contribution < 1.29 is 9.59 Å². The van der Waals surface area contributed by atoms with Gasteiger partial charge in [0.15, 0.2) is 0 Å². The molecule has 2 atom stereocenters. The summed E-state index contributed by atoms with van der Waals surface area (Å²) in [5.74, 6) is 0.767. The Bertz CT molecular complexity index is 3890. The molecule has 0 fully saturated rings. The lowest BCUT2D eigenvalue weighted by atomic mass is 9.90. The lowest BCUT2D eigenvalue weighted by Gasteiger charge is -2.29. The standard InChI is InChI=1S/C97H146N4O2S4/c1-14-22-30-37-39-44-51-71(49-42-32-24-16-3)69-99-90(88-89(95(99)103)91(100(94(88)102)70-72(50-43-33-25-17-4)52-45-40-38-31-23-15-2)85-64-62-83(105-85)87-67-75(54-46-34-26-18-5)93(107-87)96(9,10)11)84-63-61-82(104-84)86-66-73(53-41-29-21-8)92(106-86)74-57-59-78-79-60-58-76(97(12,13)98)68-81(79)101(80(78)65-74)77(55-47-35-27-19-6)56-48-36-28-20-7/h57-68,71-72,77H,14-56,69-70,98H2,1-13H3. The van der Waals surface area contributed by atoms with Gasteiger partial charge < -0.3 is 20.1 Å². The first-order valence-corrected chi connectivity index (χ1v) is 47.7. The second-order valence-corrected chi connectivity index (χ2v) is 38.8. The van der Waals surface area contributed by atoms with Crippen molar-refractivity contribution in [3.05, 3.63) is 115 Å². The molecule has 2 aromatic carbocycles. The molecule has 10 heteroatoms. The number of carbonyl (C=O) groups excluding carboxylic acids is 2. The minimum atomic E-state index is -0.459. The number of aryl methyl sites for hydroxylation is 2. The van der Waals surface area contributed by atoms with Gasteiger partial charge in [-0.2, -0.15) is 0 Å². The van der Waals surface area contributed by atoms with Crippen LogP contribution in [0.3, 0.4) is 0 Å². The van der Waals surface area contributed by atoms with Gasteiger partial charge in [0.1, 0.15) is 0 Å². The van der Waals surface area contributed by atoms with Crippen LogP contribution in [0.2, 0.25) is 0 Å². The van der Waals surface area contributed by atoms with E-state index < -0.39 is 5.54 Å². The maximum Gasteiger partial charge on any atom is 0.261 e. The van der Waals surface area contributed by atoms with Gasteiger partial charge in [0.25, 0.3) is 11.8 Å². The largest absolute Gasteiger partial charge is 0.337 e. The molecule has 590 valence electrons. The summed E-state index contributed by atoms with van der Waals surface area (Å²) in [5, 5.41) is 2.66. The first-order chi connectivity index (χ1) is 51.9. The number of nitrogens with zero attached hydrogens (tertiary/aromatic N) is 3. The van der Waals surface area contributed by atoms with Crippen LogP contribution in [0, 0.1) is 11.8 Å². The molecule has 0 aliphatic carbocycles. The Kier molecular flexibility index (Phi) is 35.5. The zero-order valence-electron chi connectivity index (χ0n) is 69.8. The first kappa shape index (κ1) is 86.4. The fourth-order valence-corrected chi connectivity index (χ4v) is 22.2. The summed E-state index contributed by atoms with van der Waals surface area (Å²) in [6.45, 7) is 31.3. The van der Waals surface area contributed by atoms with Crippen molar-refractivity contribution in [2.24, 2.45) is 17.6 Å². The third-order valence-electron chi connectivity index (χ3n) is 23.7. The molecule has 2 aliphatic rings. The van der Waals surface area contributed by atoms with Gasteiger partial charge in [-0.15, -0.1) is 45.3 Å². The summed E-state index contributed by atoms with van der Waals surface area (Å²) in [6.07, 6.45) is 52.2. The fraction of sp³-hybridized carbons (Fsp3) is 0.649. The number of hydrogen-bond acceptors (Lipinski definition) is 7. The molecule has 6 nitrogen and oxygen atoms in total. The third-order valence-corrected chi connectivity index (χ3v) is 29.1. The number of thiophene rings is 4. The Morgan fingerprint density at radius 1 is 0.364 bits per heavy atom. The van der Waals surface area contributed by atoms with Gasteiger partial charge in [0, 0.05) is 70.2 Å². The molecule has 0 bridgehead atoms. The molecule has 9 rings (SSSR count). The molecule has 2 amide bonds. The lowest BCUT2D eigenvalue weighted by molar-refractivity contribution is -0.124. The molecule has 7 aromatic rings. The highest BCUT2D eigenvalue weighted by Crippen LogP contribution is 2.53. The molecule has 2 N–H and O–H groups in total. The van der Waals surface area contributed by atoms with E-state index in [1.807, 2.05) is 45.3 Å². The number of aromatic nitrogens is 1. The molecule has 2 unspecified atom stereocenters. The van der Waals surface area contributed by atoms with E-state index in [0.717, 1.165) is 66.1 Å². The van der Waals surface area contributed by atoms with Crippen molar-refractivity contribution in [2.45, 2.75) is 383 Å². The van der Waals surface area contributed by atoms with E-state index in [4.69, 9.17) is 5.73 Å². The summed E-state index contributed by atoms with van der Waals surface area (Å²) < 4.78 is 2.78. The Morgan fingerprint density at radius 2 is 0.729 bits per heavy atom. The number of nitrogens with two attached hydrogens (primary N) is 1. The Morgan fingerprint density at radius 3 is 1.19 bits per heavy atom. The number of amides is 2. The van der Waals surface area contributed by atoms with Gasteiger partial charge in [-0.05, 0) is 166 Å². The lowest BCUT2D eigenvalue weighted by Crippen LogP contribution is -2.34. The summed E-state index contributed by atoms with van der Waals surface area (Å²) in [7, 11) is 0. The molecule has 7 heterocycles. The summed E-state index contributed by atoms with van der Waals surface area (Å²) in [6, 6.07) is 29.3. The number of carbonyl (C=O) groups is 2. The minimum Gasteiger partial charge on any atom is -0.337 e. The monoisotopic (exact) mass is 1530 g/mol. The number of rotatable bonds is 54. The molecular weight excluding hydrogens is 1380 g/mol. The van der Waals surface area contributed by atoms with Crippen LogP contribution >= 0.6 is 45.3 Å². The van der Waals surface area contributed by atoms with Crippen molar-refractivity contribution in [1.29, 1.82) is 0 Å². The van der Waals surface area contributed by atoms with Crippen LogP contribution in [-0.2, 0) is 33.4 Å². The third kappa shape index (κ3) is 23.5. The molecule has 0 saturated heterocycles. The normalized spacial score (nSPS) is 14.4. The van der Waals surface area contributed by atoms with Crippen LogP contribution in [0.15, 0.2) is 83.9 Å². The summed E-state index contributed by atoms with van der Waals surface area (Å²) >= 11 is 7.56. The summed E-state index contributed by atoms with van der Waals surface area (Å²) in [4.78, 5) is 47.8. The van der Waals surface area contributed by atoms with Gasteiger partial charge in [-0.25, -0.2) is 0 Å². The van der Waals surface area contributed by atoms with E-state index in [1.165, 1.54) is 304 Å². The van der Waals surface area contributed by atoms with Crippen LogP contribution in [-0.4, -0.2) is 39.3 Å². The topological polar surface area (TPSA) is 71.6 Å². The number of hydrogen-bond donors (Lipinski definition) is 1. The Balaban J connectivity index is 1.21. The van der Waals surface area contributed by atoms with Gasteiger partial charge in [0.05, 0.1) is 37.8 Å². The van der Waals surface area contributed by atoms with E-state index in [2.05, 4.69) is 177 Å². The molecule has 0 radical (unpaired) electrons. The van der Waals surface area contributed by atoms with Crippen LogP contribution in [0.25, 0.3) is 63.1 Å². The van der Waals surface area contributed by atoms with E-state index in [-0.39, 0.29) is 17.2 Å². The van der Waals surface area contributed by atoms with E-state index in [0.29, 0.717) is 42.1 Å². The van der Waals surface area contributed by atoms with Gasteiger partial charge in [0.2, 0.25) is 0 Å². The number of fused-ring (bicyclic) bond motifs is 4. The predicted octanol–water partition coefficient (Wildman–Crippen LogP) is 31.4. The SMILES string of the molecule is CCCCCCCCC(CCCCCC)CN1C(=O)C2=C(c3ccc(-c4cc(CCCCCC)c(C(C)(C)C)s4)s3)N(CC(CCCCCC)CCCCCCCC)C(=O)C2=C1c1ccc(-c2cc(CCCCC)c(-c3ccc4c5ccc(C(C)(C)N)cc5n(C(CCCCCC)CCCCCC)c4c3)s2)s1. The van der Waals surface area contributed by atoms with E-state index in [1.54, 1.807) is 0 Å². The second kappa shape index (κ2) is 44.0. The van der Waals surface area contributed by atoms with Gasteiger partial charge in [-0.3, -0.25) is 9.59 Å². The van der Waals surface area contributed by atoms with Crippen molar-refractivity contribution in [3.8, 4) is 29.9 Å². The van der Waals surface area contributed by atoms with Crippen molar-refractivity contribution in [1.82, 2.24) is 14.4 Å². The van der Waals surface area contributed by atoms with Crippen LogP contribution in [0.5, 0.6) is 0 Å². The van der Waals surface area contributed by atoms with E-state index >= 15 is 9.59 Å². The average molecular weight is 1530 g/mol. The van der Waals surface area contributed by atoms with E-state index in [9.17, 15) is 0 Å². The van der Waals surface area contributed by atoms with Crippen molar-refractivity contribution in [2.75, 3.05) is 13.1 Å². The molecule has 107 heavy (non-hydrogen) atoms. The highest BCUT2D eigenvalue weighted by atomic mass is 32.1. The molecular formula is C97H146N4O2S4. The molecule has 2 aliphatic heterocycles. The van der Waals surface area contributed by atoms with Gasteiger partial charge in [-0.1, -0.05) is 312 Å². The van der Waals surface area contributed by atoms with Crippen molar-refractivity contribution >= 4 is 90.4 Å². The molecule has 0 spiro atoms. The highest BCUT2D eigenvalue weighted by molar-refractivity contribution is 7.24. The minimum absolute atomic E-state index is 0.0320. The fourth-order valence-electron chi connectivity index (χ4n) is 17.4. The van der Waals surface area contributed by atoms with Crippen LogP contribution in [0.4, 0.5) is 0 Å². The number of benzene rings is 2. The first-order valence-electron chi connectivity index (χ1n) is 44.4. The van der Waals surface area contributed by atoms with Gasteiger partial charge >= 0.3 is 0 Å². The number of unbranched alkanes of at least 4 members (excludes halogenated alkanes) is 27. The predicted molar refractivity (Wildman–Crippen MR) is 475 cm³/mol. The average Bonchev–Trinajstić information content (AvgIpc) is 1.54.